The van der Waals surface area contributed by atoms with Gasteiger partial charge in [0.15, 0.2) is 11.5 Å². The van der Waals surface area contributed by atoms with Crippen LogP contribution in [0.5, 0.6) is 11.5 Å². The Labute approximate surface area is 157 Å². The quantitative estimate of drug-likeness (QED) is 0.536. The van der Waals surface area contributed by atoms with Crippen molar-refractivity contribution in [1.29, 1.82) is 0 Å². The van der Waals surface area contributed by atoms with Crippen LogP contribution in [0.2, 0.25) is 0 Å². The van der Waals surface area contributed by atoms with Gasteiger partial charge in [0.05, 0.1) is 25.2 Å². The number of likely N-dealkylation sites (N-methyl/N-ethyl adjacent to an activating group) is 1. The summed E-state index contributed by atoms with van der Waals surface area (Å²) in [5, 5.41) is 13.6. The molecular weight excluding hydrogens is 350 g/mol. The molecule has 1 N–H and O–H groups in total. The highest BCUT2D eigenvalue weighted by Gasteiger charge is 2.16. The van der Waals surface area contributed by atoms with Gasteiger partial charge in [0, 0.05) is 12.6 Å². The molecule has 1 amide bonds. The van der Waals surface area contributed by atoms with Gasteiger partial charge in [-0.25, -0.2) is 0 Å². The number of nitro groups is 1. The predicted molar refractivity (Wildman–Crippen MR) is 102 cm³/mol. The van der Waals surface area contributed by atoms with Gasteiger partial charge in [0.2, 0.25) is 5.91 Å². The molecule has 2 rings (SSSR count). The molecule has 2 aromatic rings. The summed E-state index contributed by atoms with van der Waals surface area (Å²) in [6, 6.07) is 11.7. The van der Waals surface area contributed by atoms with E-state index in [-0.39, 0.29) is 23.8 Å². The Morgan fingerprint density at radius 2 is 1.96 bits per heavy atom. The maximum atomic E-state index is 12.2. The maximum Gasteiger partial charge on any atom is 0.292 e. The van der Waals surface area contributed by atoms with Crippen LogP contribution in [0.25, 0.3) is 0 Å². The van der Waals surface area contributed by atoms with E-state index >= 15 is 0 Å². The number of nitrogens with one attached hydrogen (secondary N) is 1. The van der Waals surface area contributed by atoms with Gasteiger partial charge >= 0.3 is 0 Å². The zero-order chi connectivity index (χ0) is 19.8. The summed E-state index contributed by atoms with van der Waals surface area (Å²) in [7, 11) is 3.37. The second-order valence-electron chi connectivity index (χ2n) is 5.91. The Morgan fingerprint density at radius 1 is 1.22 bits per heavy atom. The van der Waals surface area contributed by atoms with Crippen LogP contribution >= 0.6 is 0 Å². The van der Waals surface area contributed by atoms with Gasteiger partial charge in [-0.1, -0.05) is 18.2 Å². The van der Waals surface area contributed by atoms with Crippen molar-refractivity contribution in [2.75, 3.05) is 32.6 Å². The molecule has 0 heterocycles. The fraction of sp³-hybridized carbons (Fsp3) is 0.316. The summed E-state index contributed by atoms with van der Waals surface area (Å²) in [5.41, 5.74) is 1.00. The van der Waals surface area contributed by atoms with E-state index in [0.29, 0.717) is 24.7 Å². The lowest BCUT2D eigenvalue weighted by Crippen LogP contribution is -2.30. The first-order chi connectivity index (χ1) is 12.9. The molecule has 8 nitrogen and oxygen atoms in total. The molecule has 0 saturated carbocycles. The molecule has 8 heteroatoms. The van der Waals surface area contributed by atoms with E-state index in [9.17, 15) is 14.9 Å². The first kappa shape index (κ1) is 20.2. The van der Waals surface area contributed by atoms with Crippen molar-refractivity contribution in [3.8, 4) is 11.5 Å². The maximum absolute atomic E-state index is 12.2. The van der Waals surface area contributed by atoms with Gasteiger partial charge in [-0.2, -0.15) is 0 Å². The highest BCUT2D eigenvalue weighted by atomic mass is 16.6. The lowest BCUT2D eigenvalue weighted by molar-refractivity contribution is -0.383. The SMILES string of the molecule is CCOc1ccc(CN(C)CC(=O)Nc2ccccc2[N+](=O)[O-])cc1OC. The van der Waals surface area contributed by atoms with Crippen LogP contribution in [0.4, 0.5) is 11.4 Å². The van der Waals surface area contributed by atoms with Crippen LogP contribution in [0.1, 0.15) is 12.5 Å². The van der Waals surface area contributed by atoms with Crippen molar-refractivity contribution >= 4 is 17.3 Å². The zero-order valence-electron chi connectivity index (χ0n) is 15.6. The summed E-state index contributed by atoms with van der Waals surface area (Å²) in [5.74, 6) is 0.970. The number of anilines is 1. The number of benzene rings is 2. The molecule has 0 aliphatic carbocycles. The van der Waals surface area contributed by atoms with Crippen molar-refractivity contribution < 1.29 is 19.2 Å². The predicted octanol–water partition coefficient (Wildman–Crippen LogP) is 3.07. The normalized spacial score (nSPS) is 10.5. The van der Waals surface area contributed by atoms with E-state index in [2.05, 4.69) is 5.32 Å². The third-order valence-electron chi connectivity index (χ3n) is 3.77. The van der Waals surface area contributed by atoms with Gasteiger partial charge < -0.3 is 14.8 Å². The van der Waals surface area contributed by atoms with Crippen molar-refractivity contribution in [2.45, 2.75) is 13.5 Å². The zero-order valence-corrected chi connectivity index (χ0v) is 15.6. The van der Waals surface area contributed by atoms with Gasteiger partial charge in [0.1, 0.15) is 5.69 Å². The average molecular weight is 373 g/mol. The van der Waals surface area contributed by atoms with Crippen LogP contribution in [0, 0.1) is 10.1 Å². The fourth-order valence-corrected chi connectivity index (χ4v) is 2.63. The highest BCUT2D eigenvalue weighted by Crippen LogP contribution is 2.28. The van der Waals surface area contributed by atoms with Crippen molar-refractivity contribution in [1.82, 2.24) is 4.90 Å². The minimum absolute atomic E-state index is 0.0849. The smallest absolute Gasteiger partial charge is 0.292 e. The van der Waals surface area contributed by atoms with Gasteiger partial charge in [-0.15, -0.1) is 0 Å². The number of hydrogen-bond donors (Lipinski definition) is 1. The molecule has 0 aliphatic rings. The Bertz CT molecular complexity index is 810. The fourth-order valence-electron chi connectivity index (χ4n) is 2.63. The van der Waals surface area contributed by atoms with Crippen molar-refractivity contribution in [3.63, 3.8) is 0 Å². The molecule has 0 spiro atoms. The van der Waals surface area contributed by atoms with Gasteiger partial charge in [0.25, 0.3) is 5.69 Å². The molecule has 0 fully saturated rings. The van der Waals surface area contributed by atoms with Crippen molar-refractivity contribution in [2.24, 2.45) is 0 Å². The minimum Gasteiger partial charge on any atom is -0.493 e. The number of amides is 1. The van der Waals surface area contributed by atoms with Gasteiger partial charge in [-0.05, 0) is 37.7 Å². The second-order valence-corrected chi connectivity index (χ2v) is 5.91. The number of nitro benzene ring substituents is 1. The van der Waals surface area contributed by atoms with Crippen LogP contribution in [-0.2, 0) is 11.3 Å². The van der Waals surface area contributed by atoms with E-state index in [1.54, 1.807) is 31.2 Å². The number of rotatable bonds is 9. The first-order valence-electron chi connectivity index (χ1n) is 8.46. The van der Waals surface area contributed by atoms with Crippen LogP contribution in [0.15, 0.2) is 42.5 Å². The number of carbonyl (C=O) groups is 1. The summed E-state index contributed by atoms with van der Waals surface area (Å²) < 4.78 is 10.8. The Balaban J connectivity index is 1.98. The molecule has 0 bridgehead atoms. The highest BCUT2D eigenvalue weighted by molar-refractivity contribution is 5.94. The molecule has 0 aromatic heterocycles. The van der Waals surface area contributed by atoms with E-state index in [1.807, 2.05) is 25.1 Å². The van der Waals surface area contributed by atoms with Gasteiger partial charge in [-0.3, -0.25) is 19.8 Å². The summed E-state index contributed by atoms with van der Waals surface area (Å²) >= 11 is 0. The number of para-hydroxylation sites is 2. The molecule has 0 atom stereocenters. The molecule has 0 radical (unpaired) electrons. The minimum atomic E-state index is -0.522. The Hall–Kier alpha value is -3.13. The summed E-state index contributed by atoms with van der Waals surface area (Å²) in [6.07, 6.45) is 0. The Morgan fingerprint density at radius 3 is 2.63 bits per heavy atom. The molecular formula is C19H23N3O5. The molecule has 27 heavy (non-hydrogen) atoms. The third kappa shape index (κ3) is 5.68. The average Bonchev–Trinajstić information content (AvgIpc) is 2.63. The van der Waals surface area contributed by atoms with E-state index in [4.69, 9.17) is 9.47 Å². The van der Waals surface area contributed by atoms with Crippen LogP contribution < -0.4 is 14.8 Å². The largest absolute Gasteiger partial charge is 0.493 e. The number of ether oxygens (including phenoxy) is 2. The summed E-state index contributed by atoms with van der Waals surface area (Å²) in [4.78, 5) is 24.5. The first-order valence-corrected chi connectivity index (χ1v) is 8.46. The topological polar surface area (TPSA) is 93.9 Å². The standard InChI is InChI=1S/C19H23N3O5/c1-4-27-17-10-9-14(11-18(17)26-3)12-21(2)13-19(23)20-15-7-5-6-8-16(15)22(24)25/h5-11H,4,12-13H2,1-3H3,(H,20,23). The molecule has 0 aliphatic heterocycles. The van der Waals surface area contributed by atoms with E-state index < -0.39 is 4.92 Å². The number of carbonyl (C=O) groups excluding carboxylic acids is 1. The third-order valence-corrected chi connectivity index (χ3v) is 3.77. The molecule has 0 unspecified atom stereocenters. The molecule has 2 aromatic carbocycles. The lowest BCUT2D eigenvalue weighted by atomic mass is 10.2. The van der Waals surface area contributed by atoms with Crippen LogP contribution in [0.3, 0.4) is 0 Å². The lowest BCUT2D eigenvalue weighted by Gasteiger charge is -2.17. The van der Waals surface area contributed by atoms with Crippen molar-refractivity contribution in [3.05, 3.63) is 58.1 Å². The van der Waals surface area contributed by atoms with Crippen LogP contribution in [-0.4, -0.2) is 43.0 Å². The number of methoxy groups -OCH3 is 1. The second kappa shape index (κ2) is 9.54. The Kier molecular flexibility index (Phi) is 7.13. The molecule has 144 valence electrons. The number of nitrogens with zero attached hydrogens (tertiary/aromatic N) is 2. The monoisotopic (exact) mass is 373 g/mol. The summed E-state index contributed by atoms with van der Waals surface area (Å²) in [6.45, 7) is 3.03. The molecule has 0 saturated heterocycles. The number of hydrogen-bond acceptors (Lipinski definition) is 6. The van der Waals surface area contributed by atoms with E-state index in [0.717, 1.165) is 5.56 Å². The van der Waals surface area contributed by atoms with E-state index in [1.165, 1.54) is 12.1 Å².